The van der Waals surface area contributed by atoms with Gasteiger partial charge < -0.3 is 16.0 Å². The molecule has 0 saturated heterocycles. The van der Waals surface area contributed by atoms with Crippen LogP contribution in [0.4, 0.5) is 0 Å². The molecule has 8 nitrogen and oxygen atoms in total. The minimum atomic E-state index is -4.09. The third-order valence-corrected chi connectivity index (χ3v) is 8.13. The van der Waals surface area contributed by atoms with E-state index in [2.05, 4.69) is 15.0 Å². The van der Waals surface area contributed by atoms with Gasteiger partial charge in [-0.3, -0.25) is 9.59 Å². The van der Waals surface area contributed by atoms with Crippen molar-refractivity contribution in [2.45, 2.75) is 49.6 Å². The fourth-order valence-electron chi connectivity index (χ4n) is 4.50. The van der Waals surface area contributed by atoms with Gasteiger partial charge in [-0.15, -0.1) is 0 Å². The molecule has 180 valence electrons. The van der Waals surface area contributed by atoms with Gasteiger partial charge in [0.25, 0.3) is 0 Å². The van der Waals surface area contributed by atoms with E-state index in [1.165, 1.54) is 24.3 Å². The fourth-order valence-corrected chi connectivity index (χ4v) is 6.02. The van der Waals surface area contributed by atoms with E-state index in [9.17, 15) is 18.0 Å². The number of para-hydroxylation sites is 1. The predicted octanol–water partition coefficient (Wildman–Crippen LogP) is 2.65. The molecule has 1 heterocycles. The first-order valence-electron chi connectivity index (χ1n) is 11.0. The van der Waals surface area contributed by atoms with Crippen LogP contribution in [0.5, 0.6) is 0 Å². The first-order chi connectivity index (χ1) is 16.0. The molecule has 5 N–H and O–H groups in total. The number of fused-ring (bicyclic) bond motifs is 3. The van der Waals surface area contributed by atoms with Gasteiger partial charge in [0, 0.05) is 28.0 Å². The zero-order chi connectivity index (χ0) is 24.7. The lowest BCUT2D eigenvalue weighted by Crippen LogP contribution is -2.64. The van der Waals surface area contributed by atoms with Gasteiger partial charge >= 0.3 is 0 Å². The number of rotatable bonds is 7. The van der Waals surface area contributed by atoms with E-state index in [4.69, 9.17) is 17.3 Å². The molecule has 10 heteroatoms. The zero-order valence-corrected chi connectivity index (χ0v) is 20.5. The Morgan fingerprint density at radius 3 is 2.44 bits per heavy atom. The fraction of sp³-hybridized carbons (Fsp3) is 0.333. The molecule has 2 atom stereocenters. The van der Waals surface area contributed by atoms with Crippen LogP contribution in [0.15, 0.2) is 53.4 Å². The van der Waals surface area contributed by atoms with Crippen LogP contribution in [0.2, 0.25) is 5.02 Å². The molecular formula is C24H27ClN4O4S. The second-order valence-electron chi connectivity index (χ2n) is 9.04. The average Bonchev–Trinajstić information content (AvgIpc) is 3.14. The van der Waals surface area contributed by atoms with Gasteiger partial charge in [0.05, 0.1) is 4.90 Å². The summed E-state index contributed by atoms with van der Waals surface area (Å²) < 4.78 is 29.4. The second kappa shape index (κ2) is 9.05. The maximum absolute atomic E-state index is 13.7. The standard InChI is InChI=1S/C24H27ClN4O4S/c1-14(2)21(22(26)30)28-23(31)24(29-34(32,33)16-9-7-15(25)8-10-16)12-11-20-18(13-24)17-5-3-4-6-19(17)27-20/h3-10,14,21,27,29H,11-13H2,1-2H3,(H2,26,30)(H,28,31)/t21-,24?/m0/s1. The van der Waals surface area contributed by atoms with Crippen molar-refractivity contribution in [1.82, 2.24) is 15.0 Å². The highest BCUT2D eigenvalue weighted by Crippen LogP contribution is 2.35. The Morgan fingerprint density at radius 2 is 1.79 bits per heavy atom. The Kier molecular flexibility index (Phi) is 6.46. The van der Waals surface area contributed by atoms with Gasteiger partial charge in [-0.2, -0.15) is 4.72 Å². The quantitative estimate of drug-likeness (QED) is 0.395. The van der Waals surface area contributed by atoms with Gasteiger partial charge in [-0.25, -0.2) is 8.42 Å². The molecule has 1 aliphatic rings. The number of aromatic nitrogens is 1. The lowest BCUT2D eigenvalue weighted by atomic mass is 9.79. The number of benzene rings is 2. The smallest absolute Gasteiger partial charge is 0.242 e. The van der Waals surface area contributed by atoms with Crippen molar-refractivity contribution < 1.29 is 18.0 Å². The summed E-state index contributed by atoms with van der Waals surface area (Å²) in [6, 6.07) is 12.5. The molecule has 34 heavy (non-hydrogen) atoms. The molecule has 1 aliphatic carbocycles. The number of H-pyrrole nitrogens is 1. The minimum Gasteiger partial charge on any atom is -0.368 e. The van der Waals surface area contributed by atoms with Gasteiger partial charge in [0.1, 0.15) is 11.6 Å². The van der Waals surface area contributed by atoms with Crippen molar-refractivity contribution in [2.24, 2.45) is 11.7 Å². The number of hydrogen-bond acceptors (Lipinski definition) is 4. The summed E-state index contributed by atoms with van der Waals surface area (Å²) in [6.07, 6.45) is 0.771. The van der Waals surface area contributed by atoms with E-state index >= 15 is 0 Å². The number of carbonyl (C=O) groups is 2. The summed E-state index contributed by atoms with van der Waals surface area (Å²) >= 11 is 5.92. The lowest BCUT2D eigenvalue weighted by Gasteiger charge is -2.37. The van der Waals surface area contributed by atoms with E-state index in [-0.39, 0.29) is 23.7 Å². The van der Waals surface area contributed by atoms with Crippen molar-refractivity contribution in [1.29, 1.82) is 0 Å². The van der Waals surface area contributed by atoms with Crippen LogP contribution in [0.25, 0.3) is 10.9 Å². The highest BCUT2D eigenvalue weighted by Gasteiger charge is 2.46. The summed E-state index contributed by atoms with van der Waals surface area (Å²) in [7, 11) is -4.09. The van der Waals surface area contributed by atoms with E-state index in [0.717, 1.165) is 22.2 Å². The molecule has 0 saturated carbocycles. The number of nitrogens with two attached hydrogens (primary N) is 1. The first kappa shape index (κ1) is 24.3. The molecule has 2 amide bonds. The van der Waals surface area contributed by atoms with Crippen molar-refractivity contribution in [3.8, 4) is 0 Å². The Morgan fingerprint density at radius 1 is 1.12 bits per heavy atom. The Hall–Kier alpha value is -2.88. The van der Waals surface area contributed by atoms with Crippen LogP contribution in [0, 0.1) is 5.92 Å². The van der Waals surface area contributed by atoms with E-state index in [1.807, 2.05) is 24.3 Å². The molecule has 4 rings (SSSR count). The van der Waals surface area contributed by atoms with E-state index in [0.29, 0.717) is 11.4 Å². The van der Waals surface area contributed by atoms with Gasteiger partial charge in [-0.1, -0.05) is 43.6 Å². The predicted molar refractivity (Wildman–Crippen MR) is 131 cm³/mol. The van der Waals surface area contributed by atoms with Crippen LogP contribution in [-0.2, 0) is 32.5 Å². The van der Waals surface area contributed by atoms with Gasteiger partial charge in [0.15, 0.2) is 0 Å². The Bertz CT molecular complexity index is 1350. The minimum absolute atomic E-state index is 0.0101. The molecule has 0 radical (unpaired) electrons. The number of nitrogens with one attached hydrogen (secondary N) is 3. The van der Waals surface area contributed by atoms with Gasteiger partial charge in [0.2, 0.25) is 21.8 Å². The molecular weight excluding hydrogens is 476 g/mol. The Balaban J connectivity index is 1.77. The molecule has 0 fully saturated rings. The third kappa shape index (κ3) is 4.55. The zero-order valence-electron chi connectivity index (χ0n) is 18.9. The van der Waals surface area contributed by atoms with Crippen molar-refractivity contribution in [2.75, 3.05) is 0 Å². The highest BCUT2D eigenvalue weighted by molar-refractivity contribution is 7.89. The number of aromatic amines is 1. The molecule has 0 aliphatic heterocycles. The Labute approximate surface area is 203 Å². The maximum Gasteiger partial charge on any atom is 0.242 e. The largest absolute Gasteiger partial charge is 0.368 e. The summed E-state index contributed by atoms with van der Waals surface area (Å²) in [6.45, 7) is 3.53. The van der Waals surface area contributed by atoms with Crippen LogP contribution < -0.4 is 15.8 Å². The van der Waals surface area contributed by atoms with Crippen molar-refractivity contribution in [3.63, 3.8) is 0 Å². The van der Waals surface area contributed by atoms with Crippen LogP contribution in [-0.4, -0.2) is 36.8 Å². The number of hydrogen-bond donors (Lipinski definition) is 4. The summed E-state index contributed by atoms with van der Waals surface area (Å²) in [5.74, 6) is -1.53. The molecule has 1 unspecified atom stereocenters. The van der Waals surface area contributed by atoms with Crippen LogP contribution in [0.3, 0.4) is 0 Å². The monoisotopic (exact) mass is 502 g/mol. The number of primary amides is 1. The highest BCUT2D eigenvalue weighted by atomic mass is 35.5. The lowest BCUT2D eigenvalue weighted by molar-refractivity contribution is -0.132. The maximum atomic E-state index is 13.7. The normalized spacial score (nSPS) is 19.1. The topological polar surface area (TPSA) is 134 Å². The van der Waals surface area contributed by atoms with Crippen LogP contribution in [0.1, 0.15) is 31.5 Å². The number of amides is 2. The molecule has 2 aromatic carbocycles. The summed E-state index contributed by atoms with van der Waals surface area (Å²) in [4.78, 5) is 29.0. The summed E-state index contributed by atoms with van der Waals surface area (Å²) in [5.41, 5.74) is 6.75. The van der Waals surface area contributed by atoms with E-state index < -0.39 is 33.4 Å². The number of carbonyl (C=O) groups excluding carboxylic acids is 2. The number of aryl methyl sites for hydroxylation is 1. The molecule has 3 aromatic rings. The van der Waals surface area contributed by atoms with Crippen LogP contribution >= 0.6 is 11.6 Å². The molecule has 0 spiro atoms. The second-order valence-corrected chi connectivity index (χ2v) is 11.2. The van der Waals surface area contributed by atoms with Gasteiger partial charge in [-0.05, 0) is 54.7 Å². The molecule has 1 aromatic heterocycles. The van der Waals surface area contributed by atoms with E-state index in [1.54, 1.807) is 13.8 Å². The third-order valence-electron chi connectivity index (χ3n) is 6.33. The average molecular weight is 503 g/mol. The van der Waals surface area contributed by atoms with Crippen molar-refractivity contribution >= 4 is 44.3 Å². The number of sulfonamides is 1. The first-order valence-corrected chi connectivity index (χ1v) is 12.9. The van der Waals surface area contributed by atoms with Crippen molar-refractivity contribution in [3.05, 3.63) is 64.8 Å². The number of halogens is 1. The SMILES string of the molecule is CC(C)[C@H](NC(=O)C1(NS(=O)(=O)c2ccc(Cl)cc2)CCc2[nH]c3ccccc3c2C1)C(N)=O. The summed E-state index contributed by atoms with van der Waals surface area (Å²) in [5, 5.41) is 4.03. The molecule has 0 bridgehead atoms.